The number of halogens is 1. The number of piperazine rings is 1. The molecular weight excluding hydrogens is 340 g/mol. The number of methoxy groups -OCH3 is 1. The molecule has 0 aliphatic carbocycles. The van der Waals surface area contributed by atoms with Crippen LogP contribution >= 0.6 is 11.6 Å². The average Bonchev–Trinajstić information content (AvgIpc) is 3.06. The van der Waals surface area contributed by atoms with E-state index in [1.54, 1.807) is 13.2 Å². The number of hydrogen-bond acceptors (Lipinski definition) is 4. The summed E-state index contributed by atoms with van der Waals surface area (Å²) in [5, 5.41) is 0.620. The Morgan fingerprint density at radius 3 is 2.88 bits per heavy atom. The number of carbonyl (C=O) groups is 1. The minimum absolute atomic E-state index is 0.127. The molecule has 25 heavy (non-hydrogen) atoms. The molecule has 1 amide bonds. The van der Waals surface area contributed by atoms with Crippen molar-refractivity contribution < 1.29 is 14.3 Å². The molecule has 2 aliphatic rings. The van der Waals surface area contributed by atoms with Gasteiger partial charge in [0.2, 0.25) is 5.91 Å². The number of hydrogen-bond donors (Lipinski definition) is 0. The first-order chi connectivity index (χ1) is 12.0. The summed E-state index contributed by atoms with van der Waals surface area (Å²) in [5.74, 6) is 1.62. The van der Waals surface area contributed by atoms with E-state index in [9.17, 15) is 4.79 Å². The number of amides is 1. The molecule has 2 fully saturated rings. The molecule has 0 aromatic heterocycles. The van der Waals surface area contributed by atoms with Crippen molar-refractivity contribution in [2.24, 2.45) is 0 Å². The van der Waals surface area contributed by atoms with Crippen molar-refractivity contribution in [1.29, 1.82) is 0 Å². The van der Waals surface area contributed by atoms with Crippen molar-refractivity contribution >= 4 is 17.5 Å². The maximum absolute atomic E-state index is 12.7. The van der Waals surface area contributed by atoms with Crippen molar-refractivity contribution in [2.75, 3.05) is 26.8 Å². The summed E-state index contributed by atoms with van der Waals surface area (Å²) in [6.07, 6.45) is 3.11. The third-order valence-electron chi connectivity index (χ3n) is 5.15. The van der Waals surface area contributed by atoms with Gasteiger partial charge in [-0.15, -0.1) is 0 Å². The molecule has 6 heteroatoms. The molecule has 138 valence electrons. The monoisotopic (exact) mass is 366 g/mol. The van der Waals surface area contributed by atoms with E-state index in [-0.39, 0.29) is 11.9 Å². The van der Waals surface area contributed by atoms with Crippen LogP contribution in [0.1, 0.15) is 38.7 Å². The molecular formula is C19H27ClN2O3. The molecule has 1 aromatic rings. The Morgan fingerprint density at radius 2 is 2.16 bits per heavy atom. The SMILES string of the molecule is CCCOc1c(CN2C[C@@H]3CCCN3C(=O)[C@@H]2C)cc(Cl)cc1OC. The van der Waals surface area contributed by atoms with Crippen LogP contribution in [-0.2, 0) is 11.3 Å². The number of rotatable bonds is 6. The highest BCUT2D eigenvalue weighted by Crippen LogP contribution is 2.37. The number of fused-ring (bicyclic) bond motifs is 1. The Morgan fingerprint density at radius 1 is 1.36 bits per heavy atom. The van der Waals surface area contributed by atoms with E-state index in [0.717, 1.165) is 43.7 Å². The Labute approximate surface area is 154 Å². The van der Waals surface area contributed by atoms with Gasteiger partial charge in [-0.3, -0.25) is 9.69 Å². The Balaban J connectivity index is 1.86. The van der Waals surface area contributed by atoms with Crippen LogP contribution in [-0.4, -0.2) is 54.6 Å². The van der Waals surface area contributed by atoms with E-state index in [1.165, 1.54) is 0 Å². The zero-order valence-corrected chi connectivity index (χ0v) is 16.0. The second-order valence-electron chi connectivity index (χ2n) is 6.88. The number of ether oxygens (including phenoxy) is 2. The van der Waals surface area contributed by atoms with E-state index in [0.29, 0.717) is 30.0 Å². The minimum atomic E-state index is -0.127. The molecule has 0 radical (unpaired) electrons. The van der Waals surface area contributed by atoms with E-state index in [2.05, 4.69) is 11.8 Å². The largest absolute Gasteiger partial charge is 0.493 e. The number of nitrogens with zero attached hydrogens (tertiary/aromatic N) is 2. The molecule has 0 unspecified atom stereocenters. The molecule has 3 rings (SSSR count). The standard InChI is InChI=1S/C19H27ClN2O3/c1-4-8-25-18-14(9-15(20)10-17(18)24-3)11-21-12-16-6-5-7-22(16)19(23)13(21)2/h9-10,13,16H,4-8,11-12H2,1-3H3/t13-,16-/m0/s1. The highest BCUT2D eigenvalue weighted by atomic mass is 35.5. The van der Waals surface area contributed by atoms with Gasteiger partial charge in [0.1, 0.15) is 0 Å². The van der Waals surface area contributed by atoms with E-state index >= 15 is 0 Å². The van der Waals surface area contributed by atoms with Crippen LogP contribution in [0.2, 0.25) is 5.02 Å². The molecule has 2 atom stereocenters. The van der Waals surface area contributed by atoms with Gasteiger partial charge in [0.05, 0.1) is 19.8 Å². The van der Waals surface area contributed by atoms with Crippen molar-refractivity contribution in [3.63, 3.8) is 0 Å². The van der Waals surface area contributed by atoms with Crippen molar-refractivity contribution in [3.8, 4) is 11.5 Å². The fourth-order valence-electron chi connectivity index (χ4n) is 3.82. The van der Waals surface area contributed by atoms with Gasteiger partial charge >= 0.3 is 0 Å². The van der Waals surface area contributed by atoms with Gasteiger partial charge in [0, 0.05) is 42.3 Å². The third kappa shape index (κ3) is 3.72. The van der Waals surface area contributed by atoms with Gasteiger partial charge in [-0.05, 0) is 32.3 Å². The second-order valence-corrected chi connectivity index (χ2v) is 7.31. The predicted octanol–water partition coefficient (Wildman–Crippen LogP) is 3.33. The van der Waals surface area contributed by atoms with Crippen LogP contribution < -0.4 is 9.47 Å². The quantitative estimate of drug-likeness (QED) is 0.774. The normalized spacial score (nSPS) is 23.7. The summed E-state index contributed by atoms with van der Waals surface area (Å²) in [6, 6.07) is 3.91. The van der Waals surface area contributed by atoms with Crippen LogP contribution in [0.5, 0.6) is 11.5 Å². The molecule has 5 nitrogen and oxygen atoms in total. The summed E-state index contributed by atoms with van der Waals surface area (Å²) < 4.78 is 11.4. The van der Waals surface area contributed by atoms with Gasteiger partial charge in [-0.1, -0.05) is 18.5 Å². The van der Waals surface area contributed by atoms with Gasteiger partial charge in [-0.25, -0.2) is 0 Å². The smallest absolute Gasteiger partial charge is 0.239 e. The van der Waals surface area contributed by atoms with E-state index < -0.39 is 0 Å². The van der Waals surface area contributed by atoms with Gasteiger partial charge in [-0.2, -0.15) is 0 Å². The molecule has 0 saturated carbocycles. The summed E-state index contributed by atoms with van der Waals surface area (Å²) in [5.41, 5.74) is 0.976. The molecule has 0 bridgehead atoms. The number of benzene rings is 1. The first-order valence-corrected chi connectivity index (χ1v) is 9.46. The van der Waals surface area contributed by atoms with Crippen molar-refractivity contribution in [2.45, 2.75) is 51.7 Å². The van der Waals surface area contributed by atoms with E-state index in [4.69, 9.17) is 21.1 Å². The lowest BCUT2D eigenvalue weighted by Crippen LogP contribution is -2.58. The average molecular weight is 367 g/mol. The van der Waals surface area contributed by atoms with Gasteiger partial charge < -0.3 is 14.4 Å². The lowest BCUT2D eigenvalue weighted by Gasteiger charge is -2.41. The lowest BCUT2D eigenvalue weighted by molar-refractivity contribution is -0.143. The summed E-state index contributed by atoms with van der Waals surface area (Å²) in [4.78, 5) is 16.9. The van der Waals surface area contributed by atoms with Crippen LogP contribution in [0.3, 0.4) is 0 Å². The zero-order valence-electron chi connectivity index (χ0n) is 15.3. The zero-order chi connectivity index (χ0) is 18.0. The fraction of sp³-hybridized carbons (Fsp3) is 0.632. The lowest BCUT2D eigenvalue weighted by atomic mass is 10.1. The van der Waals surface area contributed by atoms with Crippen LogP contribution in [0.25, 0.3) is 0 Å². The first kappa shape index (κ1) is 18.3. The predicted molar refractivity (Wildman–Crippen MR) is 98.4 cm³/mol. The summed E-state index contributed by atoms with van der Waals surface area (Å²) >= 11 is 6.28. The topological polar surface area (TPSA) is 42.0 Å². The van der Waals surface area contributed by atoms with Crippen molar-refractivity contribution in [1.82, 2.24) is 9.80 Å². The van der Waals surface area contributed by atoms with Crippen LogP contribution in [0, 0.1) is 0 Å². The molecule has 0 N–H and O–H groups in total. The van der Waals surface area contributed by atoms with E-state index in [1.807, 2.05) is 17.9 Å². The maximum Gasteiger partial charge on any atom is 0.239 e. The minimum Gasteiger partial charge on any atom is -0.493 e. The highest BCUT2D eigenvalue weighted by molar-refractivity contribution is 6.30. The molecule has 2 heterocycles. The summed E-state index contributed by atoms with van der Waals surface area (Å²) in [6.45, 7) is 7.11. The molecule has 2 aliphatic heterocycles. The Hall–Kier alpha value is -1.46. The summed E-state index contributed by atoms with van der Waals surface area (Å²) in [7, 11) is 1.62. The molecule has 2 saturated heterocycles. The molecule has 1 aromatic carbocycles. The van der Waals surface area contributed by atoms with Crippen LogP contribution in [0.4, 0.5) is 0 Å². The highest BCUT2D eigenvalue weighted by Gasteiger charge is 2.40. The second kappa shape index (κ2) is 7.83. The maximum atomic E-state index is 12.7. The van der Waals surface area contributed by atoms with Crippen LogP contribution in [0.15, 0.2) is 12.1 Å². The van der Waals surface area contributed by atoms with Gasteiger partial charge in [0.25, 0.3) is 0 Å². The number of carbonyl (C=O) groups excluding carboxylic acids is 1. The molecule has 0 spiro atoms. The first-order valence-electron chi connectivity index (χ1n) is 9.08. The van der Waals surface area contributed by atoms with Crippen molar-refractivity contribution in [3.05, 3.63) is 22.7 Å². The Kier molecular flexibility index (Phi) is 5.74. The fourth-order valence-corrected chi connectivity index (χ4v) is 4.05. The van der Waals surface area contributed by atoms with Gasteiger partial charge in [0.15, 0.2) is 11.5 Å². The third-order valence-corrected chi connectivity index (χ3v) is 5.37. The Bertz CT molecular complexity index is 637.